The lowest BCUT2D eigenvalue weighted by Gasteiger charge is -2.31. The molecule has 306 valence electrons. The van der Waals surface area contributed by atoms with Gasteiger partial charge in [-0.1, -0.05) is 212 Å². The first kappa shape index (κ1) is 36.7. The van der Waals surface area contributed by atoms with Gasteiger partial charge in [0.05, 0.1) is 16.8 Å². The van der Waals surface area contributed by atoms with Crippen LogP contribution in [0.15, 0.2) is 223 Å². The Hall–Kier alpha value is -8.80. The zero-order valence-electron chi connectivity index (χ0n) is 35.5. The van der Waals surface area contributed by atoms with Gasteiger partial charge in [0.2, 0.25) is 0 Å². The molecule has 5 nitrogen and oxygen atoms in total. The molecule has 0 saturated carbocycles. The first-order valence-corrected chi connectivity index (χ1v) is 22.4. The Bertz CT molecular complexity index is 3880. The number of fused-ring (bicyclic) bond motifs is 15. The minimum Gasteiger partial charge on any atom is -0.455 e. The lowest BCUT2D eigenvalue weighted by molar-refractivity contribution is 0.670. The van der Waals surface area contributed by atoms with Crippen molar-refractivity contribution in [2.75, 3.05) is 0 Å². The molecule has 14 rings (SSSR count). The molecule has 0 atom stereocenters. The summed E-state index contributed by atoms with van der Waals surface area (Å²) in [6.07, 6.45) is 0. The first-order valence-electron chi connectivity index (χ1n) is 22.4. The molecule has 0 radical (unpaired) electrons. The van der Waals surface area contributed by atoms with Crippen molar-refractivity contribution in [3.05, 3.63) is 241 Å². The van der Waals surface area contributed by atoms with E-state index in [0.29, 0.717) is 17.5 Å². The molecular weight excluding hydrogens is 805 g/mol. The summed E-state index contributed by atoms with van der Waals surface area (Å²) >= 11 is 0. The van der Waals surface area contributed by atoms with E-state index in [1.807, 2.05) is 42.5 Å². The monoisotopic (exact) mass is 840 g/mol. The molecule has 2 aliphatic rings. The topological polar surface area (TPSA) is 64.7 Å². The van der Waals surface area contributed by atoms with Crippen LogP contribution in [0.2, 0.25) is 0 Å². The highest BCUT2D eigenvalue weighted by Gasteiger charge is 2.53. The number of rotatable bonds is 5. The van der Waals surface area contributed by atoms with E-state index in [0.717, 1.165) is 72.1 Å². The van der Waals surface area contributed by atoms with Crippen molar-refractivity contribution < 1.29 is 4.42 Å². The van der Waals surface area contributed by atoms with Gasteiger partial charge < -0.3 is 4.42 Å². The highest BCUT2D eigenvalue weighted by molar-refractivity contribution is 6.10. The third-order valence-corrected chi connectivity index (χ3v) is 13.8. The zero-order chi connectivity index (χ0) is 43.3. The summed E-state index contributed by atoms with van der Waals surface area (Å²) in [4.78, 5) is 20.9. The van der Waals surface area contributed by atoms with Crippen molar-refractivity contribution in [1.29, 1.82) is 0 Å². The molecule has 3 aromatic heterocycles. The number of benzene rings is 9. The first-order chi connectivity index (χ1) is 32.7. The van der Waals surface area contributed by atoms with E-state index in [9.17, 15) is 0 Å². The summed E-state index contributed by atoms with van der Waals surface area (Å²) < 4.78 is 6.38. The predicted molar refractivity (Wildman–Crippen MR) is 266 cm³/mol. The predicted octanol–water partition coefficient (Wildman–Crippen LogP) is 15.0. The van der Waals surface area contributed by atoms with Crippen molar-refractivity contribution in [2.24, 2.45) is 0 Å². The van der Waals surface area contributed by atoms with Crippen LogP contribution in [0, 0.1) is 0 Å². The molecule has 0 fully saturated rings. The molecule has 0 bridgehead atoms. The molecule has 5 heteroatoms. The van der Waals surface area contributed by atoms with Crippen LogP contribution in [0.4, 0.5) is 0 Å². The Morgan fingerprint density at radius 1 is 0.288 bits per heavy atom. The summed E-state index contributed by atoms with van der Waals surface area (Å²) in [5.41, 5.74) is 18.0. The molecule has 1 spiro atoms. The maximum absolute atomic E-state index is 6.38. The Balaban J connectivity index is 0.884. The van der Waals surface area contributed by atoms with Crippen LogP contribution >= 0.6 is 0 Å². The van der Waals surface area contributed by atoms with E-state index in [4.69, 9.17) is 24.4 Å². The molecule has 12 aromatic rings. The van der Waals surface area contributed by atoms with Crippen LogP contribution in [0.1, 0.15) is 22.3 Å². The fourth-order valence-corrected chi connectivity index (χ4v) is 10.9. The Kier molecular flexibility index (Phi) is 7.83. The second kappa shape index (κ2) is 14.1. The van der Waals surface area contributed by atoms with Gasteiger partial charge in [-0.25, -0.2) is 19.9 Å². The van der Waals surface area contributed by atoms with Crippen LogP contribution in [-0.4, -0.2) is 19.9 Å². The van der Waals surface area contributed by atoms with Gasteiger partial charge in [0, 0.05) is 55.1 Å². The van der Waals surface area contributed by atoms with Crippen molar-refractivity contribution in [1.82, 2.24) is 19.9 Å². The summed E-state index contributed by atoms with van der Waals surface area (Å²) in [6.45, 7) is 0. The van der Waals surface area contributed by atoms with Gasteiger partial charge in [0.25, 0.3) is 0 Å². The second-order valence-corrected chi connectivity index (χ2v) is 17.2. The number of hydrogen-bond acceptors (Lipinski definition) is 5. The fraction of sp³-hybridized carbons (Fsp3) is 0.0164. The third kappa shape index (κ3) is 5.22. The Labute approximate surface area is 380 Å². The lowest BCUT2D eigenvalue weighted by Crippen LogP contribution is -2.26. The van der Waals surface area contributed by atoms with Crippen LogP contribution in [0.5, 0.6) is 0 Å². The van der Waals surface area contributed by atoms with Gasteiger partial charge in [-0.2, -0.15) is 0 Å². The van der Waals surface area contributed by atoms with Crippen molar-refractivity contribution in [3.63, 3.8) is 0 Å². The SMILES string of the molecule is c1ccc(-c2nc(-c3ccc(-c4nc5c(c6ccccc46)C4(c6ccccc6-c6ccccc64)c4ccccc4-5)cc3)nc(-c3ccc(-c4cccc5c4oc4ccccc45)cc3)n2)cc1. The molecule has 3 heterocycles. The summed E-state index contributed by atoms with van der Waals surface area (Å²) in [5, 5.41) is 4.54. The molecule has 0 unspecified atom stereocenters. The zero-order valence-corrected chi connectivity index (χ0v) is 35.5. The number of hydrogen-bond donors (Lipinski definition) is 0. The van der Waals surface area contributed by atoms with Gasteiger partial charge in [-0.05, 0) is 44.8 Å². The number of pyridine rings is 1. The van der Waals surface area contributed by atoms with Gasteiger partial charge >= 0.3 is 0 Å². The normalized spacial score (nSPS) is 13.0. The molecule has 0 amide bonds. The van der Waals surface area contributed by atoms with Gasteiger partial charge in [0.15, 0.2) is 17.5 Å². The smallest absolute Gasteiger partial charge is 0.164 e. The molecular formula is C61H36N4O. The average Bonchev–Trinajstić information content (AvgIpc) is 4.03. The molecule has 2 aliphatic carbocycles. The third-order valence-electron chi connectivity index (χ3n) is 13.8. The van der Waals surface area contributed by atoms with Crippen molar-refractivity contribution >= 4 is 32.7 Å². The molecule has 0 saturated heterocycles. The average molecular weight is 841 g/mol. The number of nitrogens with zero attached hydrogens (tertiary/aromatic N) is 4. The van der Waals surface area contributed by atoms with Gasteiger partial charge in [-0.15, -0.1) is 0 Å². The highest BCUT2D eigenvalue weighted by Crippen LogP contribution is 2.64. The Morgan fingerprint density at radius 3 is 1.39 bits per heavy atom. The lowest BCUT2D eigenvalue weighted by atomic mass is 9.69. The Morgan fingerprint density at radius 2 is 0.742 bits per heavy atom. The van der Waals surface area contributed by atoms with E-state index in [-0.39, 0.29) is 0 Å². The van der Waals surface area contributed by atoms with Gasteiger partial charge in [0.1, 0.15) is 11.2 Å². The van der Waals surface area contributed by atoms with E-state index in [1.165, 1.54) is 44.3 Å². The van der Waals surface area contributed by atoms with Crippen LogP contribution in [0.25, 0.3) is 112 Å². The van der Waals surface area contributed by atoms with Crippen LogP contribution in [-0.2, 0) is 5.41 Å². The summed E-state index contributed by atoms with van der Waals surface area (Å²) in [7, 11) is 0. The maximum atomic E-state index is 6.38. The summed E-state index contributed by atoms with van der Waals surface area (Å²) in [5.74, 6) is 1.82. The van der Waals surface area contributed by atoms with E-state index in [1.54, 1.807) is 0 Å². The highest BCUT2D eigenvalue weighted by atomic mass is 16.3. The number of aromatic nitrogens is 4. The van der Waals surface area contributed by atoms with E-state index < -0.39 is 5.41 Å². The molecule has 9 aromatic carbocycles. The largest absolute Gasteiger partial charge is 0.455 e. The second-order valence-electron chi connectivity index (χ2n) is 17.2. The van der Waals surface area contributed by atoms with E-state index >= 15 is 0 Å². The minimum absolute atomic E-state index is 0.482. The summed E-state index contributed by atoms with van der Waals surface area (Å²) in [6, 6.07) is 77.1. The maximum Gasteiger partial charge on any atom is 0.164 e. The number of furan rings is 1. The fourth-order valence-electron chi connectivity index (χ4n) is 10.9. The standard InChI is InChI=1S/C61H36N4O/c1-2-15-39(16-3-1)58-63-59(40-33-29-37(30-34-40)42-23-14-24-48-45-19-9-13-28-53(45)66-57(42)48)65-60(64-58)41-35-31-38(32-36-41)55-47-21-5-4-20-46(47)54-56(62-55)49-22-8-12-27-52(49)61(54)50-25-10-6-17-43(50)44-18-7-11-26-51(44)61/h1-36H. The van der Waals surface area contributed by atoms with Crippen molar-refractivity contribution in [3.8, 4) is 78.9 Å². The van der Waals surface area contributed by atoms with Crippen LogP contribution in [0.3, 0.4) is 0 Å². The molecule has 66 heavy (non-hydrogen) atoms. The van der Waals surface area contributed by atoms with E-state index in [2.05, 4.69) is 176 Å². The van der Waals surface area contributed by atoms with Crippen LogP contribution < -0.4 is 0 Å². The molecule has 0 N–H and O–H groups in total. The molecule has 0 aliphatic heterocycles. The van der Waals surface area contributed by atoms with Gasteiger partial charge in [-0.3, -0.25) is 0 Å². The quantitative estimate of drug-likeness (QED) is 0.173. The van der Waals surface area contributed by atoms with Crippen molar-refractivity contribution in [2.45, 2.75) is 5.41 Å². The minimum atomic E-state index is -0.482. The number of para-hydroxylation sites is 2.